The van der Waals surface area contributed by atoms with Crippen LogP contribution in [0.5, 0.6) is 0 Å². The fraction of sp³-hybridized carbons (Fsp3) is 0.235. The Bertz CT molecular complexity index is 622. The summed E-state index contributed by atoms with van der Waals surface area (Å²) in [7, 11) is 1.70. The summed E-state index contributed by atoms with van der Waals surface area (Å²) < 4.78 is 5.15. The molecule has 0 radical (unpaired) electrons. The largest absolute Gasteiger partial charge is 0.380 e. The standard InChI is InChI=1S/C17H19N3O/c1-21-12-13-7-9-14(10-8-13)16-11-19-17(18)20(16)15-5-3-2-4-6-15/h2-10,16H,11-12H2,1H3,(H2,18,19). The van der Waals surface area contributed by atoms with E-state index in [1.807, 2.05) is 18.2 Å². The first-order chi connectivity index (χ1) is 10.3. The first-order valence-corrected chi connectivity index (χ1v) is 7.01. The van der Waals surface area contributed by atoms with Gasteiger partial charge in [-0.2, -0.15) is 0 Å². The Morgan fingerprint density at radius 3 is 2.52 bits per heavy atom. The molecule has 0 saturated heterocycles. The number of ether oxygens (including phenoxy) is 1. The molecule has 1 atom stereocenters. The number of hydrogen-bond acceptors (Lipinski definition) is 4. The van der Waals surface area contributed by atoms with Gasteiger partial charge in [-0.3, -0.25) is 4.99 Å². The summed E-state index contributed by atoms with van der Waals surface area (Å²) in [5, 5.41) is 0. The van der Waals surface area contributed by atoms with Gasteiger partial charge in [-0.05, 0) is 23.3 Å². The third-order valence-corrected chi connectivity index (χ3v) is 3.69. The van der Waals surface area contributed by atoms with Crippen LogP contribution in [0.15, 0.2) is 59.6 Å². The molecule has 0 saturated carbocycles. The van der Waals surface area contributed by atoms with Crippen LogP contribution in [-0.2, 0) is 11.3 Å². The smallest absolute Gasteiger partial charge is 0.196 e. The van der Waals surface area contributed by atoms with Crippen molar-refractivity contribution in [2.45, 2.75) is 12.6 Å². The molecular formula is C17H19N3O. The highest BCUT2D eigenvalue weighted by molar-refractivity contribution is 5.97. The van der Waals surface area contributed by atoms with Crippen molar-refractivity contribution in [3.05, 3.63) is 65.7 Å². The molecule has 0 aliphatic carbocycles. The van der Waals surface area contributed by atoms with Gasteiger partial charge in [0.1, 0.15) is 0 Å². The molecule has 21 heavy (non-hydrogen) atoms. The molecule has 1 aliphatic heterocycles. The predicted octanol–water partition coefficient (Wildman–Crippen LogP) is 2.71. The summed E-state index contributed by atoms with van der Waals surface area (Å²) in [6.07, 6.45) is 0. The Morgan fingerprint density at radius 1 is 1.14 bits per heavy atom. The molecule has 2 aromatic carbocycles. The van der Waals surface area contributed by atoms with Crippen molar-refractivity contribution >= 4 is 11.6 Å². The van der Waals surface area contributed by atoms with Gasteiger partial charge in [-0.1, -0.05) is 42.5 Å². The molecule has 0 fully saturated rings. The van der Waals surface area contributed by atoms with Gasteiger partial charge in [0.05, 0.1) is 19.2 Å². The summed E-state index contributed by atoms with van der Waals surface area (Å²) >= 11 is 0. The number of benzene rings is 2. The molecular weight excluding hydrogens is 262 g/mol. The van der Waals surface area contributed by atoms with Crippen molar-refractivity contribution in [1.29, 1.82) is 0 Å². The van der Waals surface area contributed by atoms with Gasteiger partial charge in [-0.25, -0.2) is 0 Å². The van der Waals surface area contributed by atoms with Crippen molar-refractivity contribution in [2.75, 3.05) is 18.6 Å². The maximum absolute atomic E-state index is 6.07. The first-order valence-electron chi connectivity index (χ1n) is 7.01. The summed E-state index contributed by atoms with van der Waals surface area (Å²) in [5.41, 5.74) is 9.52. The van der Waals surface area contributed by atoms with Crippen molar-refractivity contribution < 1.29 is 4.74 Å². The van der Waals surface area contributed by atoms with Crippen LogP contribution in [0.4, 0.5) is 5.69 Å². The number of methoxy groups -OCH3 is 1. The van der Waals surface area contributed by atoms with Gasteiger partial charge in [-0.15, -0.1) is 0 Å². The minimum Gasteiger partial charge on any atom is -0.380 e. The zero-order chi connectivity index (χ0) is 14.7. The van der Waals surface area contributed by atoms with Gasteiger partial charge in [0.25, 0.3) is 0 Å². The zero-order valence-electron chi connectivity index (χ0n) is 12.1. The second-order valence-corrected chi connectivity index (χ2v) is 5.09. The van der Waals surface area contributed by atoms with Crippen molar-refractivity contribution in [2.24, 2.45) is 10.7 Å². The Balaban J connectivity index is 1.87. The predicted molar refractivity (Wildman–Crippen MR) is 85.3 cm³/mol. The number of nitrogens with two attached hydrogens (primary N) is 1. The summed E-state index contributed by atoms with van der Waals surface area (Å²) in [5.74, 6) is 0.576. The second-order valence-electron chi connectivity index (χ2n) is 5.09. The maximum atomic E-state index is 6.07. The highest BCUT2D eigenvalue weighted by Gasteiger charge is 2.28. The van der Waals surface area contributed by atoms with Crippen molar-refractivity contribution in [3.8, 4) is 0 Å². The number of para-hydroxylation sites is 1. The Morgan fingerprint density at radius 2 is 1.86 bits per heavy atom. The fourth-order valence-corrected chi connectivity index (χ4v) is 2.66. The third-order valence-electron chi connectivity index (χ3n) is 3.69. The van der Waals surface area contributed by atoms with E-state index in [1.165, 1.54) is 11.1 Å². The molecule has 0 aromatic heterocycles. The topological polar surface area (TPSA) is 50.9 Å². The molecule has 0 spiro atoms. The monoisotopic (exact) mass is 281 g/mol. The molecule has 4 heteroatoms. The SMILES string of the molecule is COCc1ccc(C2CN=C(N)N2c2ccccc2)cc1. The third kappa shape index (κ3) is 2.76. The number of rotatable bonds is 4. The molecule has 0 amide bonds. The summed E-state index contributed by atoms with van der Waals surface area (Å²) in [6.45, 7) is 1.32. The number of nitrogens with zero attached hydrogens (tertiary/aromatic N) is 2. The van der Waals surface area contributed by atoms with E-state index in [-0.39, 0.29) is 6.04 Å². The molecule has 2 aromatic rings. The Kier molecular flexibility index (Phi) is 3.88. The highest BCUT2D eigenvalue weighted by atomic mass is 16.5. The summed E-state index contributed by atoms with van der Waals surface area (Å²) in [6, 6.07) is 18.7. The van der Waals surface area contributed by atoms with Crippen LogP contribution in [0.2, 0.25) is 0 Å². The van der Waals surface area contributed by atoms with Gasteiger partial charge >= 0.3 is 0 Å². The molecule has 4 nitrogen and oxygen atoms in total. The molecule has 2 N–H and O–H groups in total. The number of anilines is 1. The minimum atomic E-state index is 0.156. The van der Waals surface area contributed by atoms with Gasteiger partial charge in [0.2, 0.25) is 0 Å². The molecule has 1 aliphatic rings. The van der Waals surface area contributed by atoms with E-state index in [0.717, 1.165) is 5.69 Å². The molecule has 3 rings (SSSR count). The molecule has 0 bridgehead atoms. The molecule has 108 valence electrons. The van der Waals surface area contributed by atoms with Crippen LogP contribution in [-0.4, -0.2) is 19.6 Å². The maximum Gasteiger partial charge on any atom is 0.196 e. The lowest BCUT2D eigenvalue weighted by molar-refractivity contribution is 0.185. The van der Waals surface area contributed by atoms with Crippen molar-refractivity contribution in [3.63, 3.8) is 0 Å². The average Bonchev–Trinajstić information content (AvgIpc) is 2.91. The number of aliphatic imine (C=N–C) groups is 1. The van der Waals surface area contributed by atoms with E-state index >= 15 is 0 Å². The van der Waals surface area contributed by atoms with Gasteiger partial charge in [0, 0.05) is 12.8 Å². The van der Waals surface area contributed by atoms with E-state index in [1.54, 1.807) is 7.11 Å². The van der Waals surface area contributed by atoms with E-state index in [0.29, 0.717) is 19.1 Å². The fourth-order valence-electron chi connectivity index (χ4n) is 2.66. The van der Waals surface area contributed by atoms with Gasteiger partial charge in [0.15, 0.2) is 5.96 Å². The number of hydrogen-bond donors (Lipinski definition) is 1. The molecule has 1 unspecified atom stereocenters. The van der Waals surface area contributed by atoms with Gasteiger partial charge < -0.3 is 15.4 Å². The van der Waals surface area contributed by atoms with E-state index in [2.05, 4.69) is 46.3 Å². The van der Waals surface area contributed by atoms with Crippen LogP contribution in [0.1, 0.15) is 17.2 Å². The Labute approximate surface area is 124 Å². The second kappa shape index (κ2) is 5.97. The normalized spacial score (nSPS) is 17.9. The van der Waals surface area contributed by atoms with E-state index < -0.39 is 0 Å². The number of guanidine groups is 1. The quantitative estimate of drug-likeness (QED) is 0.937. The lowest BCUT2D eigenvalue weighted by atomic mass is 10.0. The first kappa shape index (κ1) is 13.6. The van der Waals surface area contributed by atoms with Crippen LogP contribution in [0.25, 0.3) is 0 Å². The van der Waals surface area contributed by atoms with Crippen molar-refractivity contribution in [1.82, 2.24) is 0 Å². The molecule has 1 heterocycles. The zero-order valence-corrected chi connectivity index (χ0v) is 12.1. The Hall–Kier alpha value is -2.33. The van der Waals surface area contributed by atoms with Crippen LogP contribution in [0, 0.1) is 0 Å². The van der Waals surface area contributed by atoms with Crippen LogP contribution >= 0.6 is 0 Å². The summed E-state index contributed by atoms with van der Waals surface area (Å²) in [4.78, 5) is 6.49. The van der Waals surface area contributed by atoms with Crippen LogP contribution < -0.4 is 10.6 Å². The lowest BCUT2D eigenvalue weighted by Gasteiger charge is -2.26. The highest BCUT2D eigenvalue weighted by Crippen LogP contribution is 2.30. The van der Waals surface area contributed by atoms with Crippen LogP contribution in [0.3, 0.4) is 0 Å². The average molecular weight is 281 g/mol. The van der Waals surface area contributed by atoms with E-state index in [9.17, 15) is 0 Å². The lowest BCUT2D eigenvalue weighted by Crippen LogP contribution is -2.36. The van der Waals surface area contributed by atoms with E-state index in [4.69, 9.17) is 10.5 Å². The minimum absolute atomic E-state index is 0.156.